The molecule has 19 nitrogen and oxygen atoms in total. The third-order valence-electron chi connectivity index (χ3n) is 7.52. The largest absolute Gasteiger partial charge is 0.481 e. The second kappa shape index (κ2) is 24.7. The molecule has 0 saturated carbocycles. The standard InChI is InChI=1S/C31H56N8O11/c1-17(2)16-23(30(48)37-21(11-13-25(42)43)29(47)38-22(31(49)50)9-5-7-15-33)39-26(44)18(3)35-28(46)20(10-12-24(40)41)36-27(45)19(34)8-4-6-14-32/h17-23H,4-16,32-34H2,1-3H3,(H,35,46)(H,36,45)(H,37,48)(H,38,47)(H,39,44)(H,40,41)(H,42,43)(H,49,50)/t18-,19-,20-,21-,22-,23-/m0/s1. The van der Waals surface area contributed by atoms with Crippen molar-refractivity contribution >= 4 is 47.4 Å². The summed E-state index contributed by atoms with van der Waals surface area (Å²) in [6, 6.07) is -7.66. The number of aliphatic carboxylic acids is 3. The summed E-state index contributed by atoms with van der Waals surface area (Å²) in [5.74, 6) is -8.17. The molecule has 0 aliphatic heterocycles. The van der Waals surface area contributed by atoms with Gasteiger partial charge in [0.25, 0.3) is 0 Å². The number of nitrogens with two attached hydrogens (primary N) is 3. The van der Waals surface area contributed by atoms with Crippen LogP contribution in [0.3, 0.4) is 0 Å². The van der Waals surface area contributed by atoms with Crippen LogP contribution in [0, 0.1) is 5.92 Å². The SMILES string of the molecule is CC(C)C[C@H](NC(=O)[C@H](C)NC(=O)[C@H](CCC(=O)O)NC(=O)[C@@H](N)CCCCN)C(=O)N[C@@H](CCC(=O)O)C(=O)N[C@@H](CCCCN)C(=O)O. The van der Waals surface area contributed by atoms with E-state index < -0.39 is 96.5 Å². The van der Waals surface area contributed by atoms with Crippen LogP contribution in [-0.2, 0) is 38.4 Å². The smallest absolute Gasteiger partial charge is 0.326 e. The Kier molecular flexibility index (Phi) is 22.6. The first-order chi connectivity index (χ1) is 23.4. The molecule has 0 bridgehead atoms. The fourth-order valence-corrected chi connectivity index (χ4v) is 4.67. The molecule has 0 aromatic rings. The van der Waals surface area contributed by atoms with Crippen molar-refractivity contribution in [1.82, 2.24) is 26.6 Å². The highest BCUT2D eigenvalue weighted by molar-refractivity contribution is 5.96. The summed E-state index contributed by atoms with van der Waals surface area (Å²) < 4.78 is 0. The molecular formula is C31H56N8O11. The van der Waals surface area contributed by atoms with Gasteiger partial charge in [-0.15, -0.1) is 0 Å². The quantitative estimate of drug-likeness (QED) is 0.0405. The molecule has 50 heavy (non-hydrogen) atoms. The lowest BCUT2D eigenvalue weighted by Gasteiger charge is -2.26. The fraction of sp³-hybridized carbons (Fsp3) is 0.742. The van der Waals surface area contributed by atoms with Crippen molar-refractivity contribution in [2.24, 2.45) is 23.1 Å². The first kappa shape index (κ1) is 45.6. The van der Waals surface area contributed by atoms with Crippen molar-refractivity contribution in [2.45, 2.75) is 128 Å². The van der Waals surface area contributed by atoms with Crippen LogP contribution < -0.4 is 43.8 Å². The number of hydrogen-bond acceptors (Lipinski definition) is 11. The van der Waals surface area contributed by atoms with Gasteiger partial charge >= 0.3 is 17.9 Å². The number of rotatable bonds is 27. The summed E-state index contributed by atoms with van der Waals surface area (Å²) >= 11 is 0. The van der Waals surface area contributed by atoms with Crippen LogP contribution in [0.5, 0.6) is 0 Å². The van der Waals surface area contributed by atoms with E-state index in [1.807, 2.05) is 0 Å². The Labute approximate surface area is 291 Å². The van der Waals surface area contributed by atoms with Gasteiger partial charge in [-0.05, 0) is 77.3 Å². The molecule has 14 N–H and O–H groups in total. The molecule has 6 atom stereocenters. The maximum absolute atomic E-state index is 13.4. The highest BCUT2D eigenvalue weighted by Gasteiger charge is 2.32. The molecule has 0 aliphatic rings. The Bertz CT molecular complexity index is 1150. The van der Waals surface area contributed by atoms with E-state index >= 15 is 0 Å². The van der Waals surface area contributed by atoms with Gasteiger partial charge in [0.15, 0.2) is 0 Å². The van der Waals surface area contributed by atoms with Gasteiger partial charge in [-0.3, -0.25) is 33.6 Å². The number of carboxylic acid groups (broad SMARTS) is 3. The number of nitrogens with one attached hydrogen (secondary N) is 5. The van der Waals surface area contributed by atoms with Gasteiger partial charge in [-0.25, -0.2) is 4.79 Å². The predicted molar refractivity (Wildman–Crippen MR) is 180 cm³/mol. The number of unbranched alkanes of at least 4 members (excludes halogenated alkanes) is 2. The van der Waals surface area contributed by atoms with Crippen LogP contribution >= 0.6 is 0 Å². The van der Waals surface area contributed by atoms with E-state index in [9.17, 15) is 48.6 Å². The van der Waals surface area contributed by atoms with E-state index in [-0.39, 0.29) is 38.0 Å². The molecule has 286 valence electrons. The third-order valence-corrected chi connectivity index (χ3v) is 7.52. The van der Waals surface area contributed by atoms with E-state index in [0.29, 0.717) is 38.8 Å². The van der Waals surface area contributed by atoms with Crippen LogP contribution in [0.15, 0.2) is 0 Å². The van der Waals surface area contributed by atoms with Gasteiger partial charge in [0, 0.05) is 12.8 Å². The van der Waals surface area contributed by atoms with Crippen molar-refractivity contribution in [3.8, 4) is 0 Å². The first-order valence-corrected chi connectivity index (χ1v) is 16.8. The van der Waals surface area contributed by atoms with Crippen molar-refractivity contribution in [3.05, 3.63) is 0 Å². The molecule has 0 aromatic heterocycles. The zero-order chi connectivity index (χ0) is 38.4. The molecule has 0 heterocycles. The lowest BCUT2D eigenvalue weighted by Crippen LogP contribution is -2.59. The molecule has 19 heteroatoms. The summed E-state index contributed by atoms with van der Waals surface area (Å²) in [5, 5.41) is 39.9. The van der Waals surface area contributed by atoms with E-state index in [2.05, 4.69) is 26.6 Å². The van der Waals surface area contributed by atoms with Gasteiger partial charge in [0.1, 0.15) is 30.2 Å². The summed E-state index contributed by atoms with van der Waals surface area (Å²) in [5.41, 5.74) is 16.8. The summed E-state index contributed by atoms with van der Waals surface area (Å²) in [6.07, 6.45) is 0.789. The first-order valence-electron chi connectivity index (χ1n) is 16.8. The van der Waals surface area contributed by atoms with Gasteiger partial charge in [0.05, 0.1) is 6.04 Å². The van der Waals surface area contributed by atoms with E-state index in [0.717, 1.165) is 0 Å². The molecular weight excluding hydrogens is 660 g/mol. The average Bonchev–Trinajstić information content (AvgIpc) is 3.03. The topological polar surface area (TPSA) is 335 Å². The Morgan fingerprint density at radius 3 is 1.40 bits per heavy atom. The molecule has 5 amide bonds. The van der Waals surface area contributed by atoms with Gasteiger partial charge in [0.2, 0.25) is 29.5 Å². The van der Waals surface area contributed by atoms with Crippen molar-refractivity contribution < 1.29 is 53.7 Å². The summed E-state index contributed by atoms with van der Waals surface area (Å²) in [4.78, 5) is 99.5. The lowest BCUT2D eigenvalue weighted by molar-refractivity contribution is -0.143. The molecule has 0 aliphatic carbocycles. The fourth-order valence-electron chi connectivity index (χ4n) is 4.67. The number of carbonyl (C=O) groups excluding carboxylic acids is 5. The molecule has 0 radical (unpaired) electrons. The van der Waals surface area contributed by atoms with Crippen molar-refractivity contribution in [3.63, 3.8) is 0 Å². The average molecular weight is 717 g/mol. The molecule has 0 fully saturated rings. The monoisotopic (exact) mass is 716 g/mol. The Hall–Kier alpha value is -4.36. The zero-order valence-electron chi connectivity index (χ0n) is 29.1. The minimum atomic E-state index is -1.46. The third kappa shape index (κ3) is 19.6. The maximum Gasteiger partial charge on any atom is 0.326 e. The number of amides is 5. The molecule has 0 rings (SSSR count). The predicted octanol–water partition coefficient (Wildman–Crippen LogP) is -2.12. The number of hydrogen-bond donors (Lipinski definition) is 11. The van der Waals surface area contributed by atoms with Crippen LogP contribution in [0.4, 0.5) is 0 Å². The summed E-state index contributed by atoms with van der Waals surface area (Å²) in [7, 11) is 0. The zero-order valence-corrected chi connectivity index (χ0v) is 29.1. The Morgan fingerprint density at radius 1 is 0.520 bits per heavy atom. The van der Waals surface area contributed by atoms with Gasteiger partial charge in [-0.1, -0.05) is 20.3 Å². The summed E-state index contributed by atoms with van der Waals surface area (Å²) in [6.45, 7) is 5.52. The highest BCUT2D eigenvalue weighted by atomic mass is 16.4. The van der Waals surface area contributed by atoms with Crippen molar-refractivity contribution in [2.75, 3.05) is 13.1 Å². The maximum atomic E-state index is 13.4. The lowest BCUT2D eigenvalue weighted by atomic mass is 10.0. The number of carbonyl (C=O) groups is 8. The minimum absolute atomic E-state index is 0.0515. The van der Waals surface area contributed by atoms with Gasteiger partial charge in [-0.2, -0.15) is 0 Å². The second-order valence-electron chi connectivity index (χ2n) is 12.5. The molecule has 0 unspecified atom stereocenters. The van der Waals surface area contributed by atoms with Gasteiger partial charge < -0.3 is 59.1 Å². The molecule has 0 aromatic carbocycles. The highest BCUT2D eigenvalue weighted by Crippen LogP contribution is 2.09. The molecule has 0 saturated heterocycles. The van der Waals surface area contributed by atoms with Crippen LogP contribution in [0.25, 0.3) is 0 Å². The minimum Gasteiger partial charge on any atom is -0.481 e. The van der Waals surface area contributed by atoms with Crippen LogP contribution in [0.1, 0.15) is 91.4 Å². The van der Waals surface area contributed by atoms with Crippen LogP contribution in [-0.4, -0.2) is 112 Å². The Morgan fingerprint density at radius 2 is 0.940 bits per heavy atom. The van der Waals surface area contributed by atoms with Crippen LogP contribution in [0.2, 0.25) is 0 Å². The van der Waals surface area contributed by atoms with Crippen molar-refractivity contribution in [1.29, 1.82) is 0 Å². The Balaban J connectivity index is 5.80. The second-order valence-corrected chi connectivity index (χ2v) is 12.5. The molecule has 0 spiro atoms. The normalized spacial score (nSPS) is 14.6. The van der Waals surface area contributed by atoms with E-state index in [4.69, 9.17) is 22.3 Å². The van der Waals surface area contributed by atoms with E-state index in [1.54, 1.807) is 13.8 Å². The number of carboxylic acids is 3. The van der Waals surface area contributed by atoms with E-state index in [1.165, 1.54) is 6.92 Å².